The zero-order valence-electron chi connectivity index (χ0n) is 13.5. The molecular weight excluding hydrogens is 324 g/mol. The Balaban J connectivity index is 0.00000441. The molecule has 0 radical (unpaired) electrons. The molecule has 0 saturated carbocycles. The molecule has 0 fully saturated rings. The summed E-state index contributed by atoms with van der Waals surface area (Å²) in [5.41, 5.74) is 0. The Hall–Kier alpha value is -0.820. The van der Waals surface area contributed by atoms with E-state index < -0.39 is 10.0 Å². The molecule has 5 nitrogen and oxygen atoms in total. The van der Waals surface area contributed by atoms with Crippen LogP contribution in [-0.2, 0) is 10.0 Å². The third-order valence-electron chi connectivity index (χ3n) is 2.99. The Morgan fingerprint density at radius 3 is 2.32 bits per heavy atom. The van der Waals surface area contributed by atoms with Crippen LogP contribution in [0.25, 0.3) is 0 Å². The molecule has 128 valence electrons. The van der Waals surface area contributed by atoms with Crippen molar-refractivity contribution in [2.24, 2.45) is 5.92 Å². The van der Waals surface area contributed by atoms with Crippen LogP contribution in [-0.4, -0.2) is 35.2 Å². The van der Waals surface area contributed by atoms with Crippen molar-refractivity contribution in [1.29, 1.82) is 0 Å². The first kappa shape index (κ1) is 21.2. The van der Waals surface area contributed by atoms with E-state index in [1.165, 1.54) is 0 Å². The monoisotopic (exact) mass is 350 g/mol. The summed E-state index contributed by atoms with van der Waals surface area (Å²) in [4.78, 5) is 0.267. The fourth-order valence-electron chi connectivity index (χ4n) is 1.68. The second kappa shape index (κ2) is 10.8. The van der Waals surface area contributed by atoms with Crippen LogP contribution in [0.4, 0.5) is 0 Å². The summed E-state index contributed by atoms with van der Waals surface area (Å²) in [5.74, 6) is 1.29. The largest absolute Gasteiger partial charge is 0.494 e. The van der Waals surface area contributed by atoms with Gasteiger partial charge in [0.05, 0.1) is 11.5 Å². The molecule has 0 bridgehead atoms. The minimum absolute atomic E-state index is 0. The summed E-state index contributed by atoms with van der Waals surface area (Å²) in [7, 11) is -1.58. The maximum absolute atomic E-state index is 12.0. The molecule has 0 spiro atoms. The summed E-state index contributed by atoms with van der Waals surface area (Å²) in [6.45, 7) is 6.13. The van der Waals surface area contributed by atoms with E-state index >= 15 is 0 Å². The van der Waals surface area contributed by atoms with Crippen molar-refractivity contribution in [3.63, 3.8) is 0 Å². The van der Waals surface area contributed by atoms with Gasteiger partial charge in [-0.15, -0.1) is 12.4 Å². The highest BCUT2D eigenvalue weighted by Gasteiger charge is 2.12. The summed E-state index contributed by atoms with van der Waals surface area (Å²) < 4.78 is 32.2. The lowest BCUT2D eigenvalue weighted by Crippen LogP contribution is -2.26. The maximum Gasteiger partial charge on any atom is 0.240 e. The Morgan fingerprint density at radius 2 is 1.77 bits per heavy atom. The minimum Gasteiger partial charge on any atom is -0.494 e. The molecule has 22 heavy (non-hydrogen) atoms. The van der Waals surface area contributed by atoms with Crippen LogP contribution < -0.4 is 14.8 Å². The van der Waals surface area contributed by atoms with Crippen LogP contribution in [0.15, 0.2) is 29.2 Å². The molecule has 0 aromatic heterocycles. The van der Waals surface area contributed by atoms with E-state index in [2.05, 4.69) is 23.9 Å². The molecule has 0 amide bonds. The predicted octanol–water partition coefficient (Wildman–Crippen LogP) is 2.42. The van der Waals surface area contributed by atoms with Crippen molar-refractivity contribution in [2.75, 3.05) is 26.7 Å². The number of sulfonamides is 1. The van der Waals surface area contributed by atoms with Crippen molar-refractivity contribution in [2.45, 2.75) is 31.6 Å². The van der Waals surface area contributed by atoms with E-state index in [4.69, 9.17) is 4.74 Å². The van der Waals surface area contributed by atoms with Gasteiger partial charge >= 0.3 is 0 Å². The molecule has 0 aliphatic carbocycles. The smallest absolute Gasteiger partial charge is 0.240 e. The first-order valence-electron chi connectivity index (χ1n) is 7.33. The molecule has 0 unspecified atom stereocenters. The van der Waals surface area contributed by atoms with Gasteiger partial charge in [-0.3, -0.25) is 0 Å². The lowest BCUT2D eigenvalue weighted by atomic mass is 10.1. The molecule has 0 atom stereocenters. The average Bonchev–Trinajstić information content (AvgIpc) is 2.44. The van der Waals surface area contributed by atoms with E-state index in [0.29, 0.717) is 24.8 Å². The zero-order chi connectivity index (χ0) is 15.7. The van der Waals surface area contributed by atoms with E-state index in [9.17, 15) is 8.42 Å². The van der Waals surface area contributed by atoms with Crippen molar-refractivity contribution in [3.8, 4) is 5.75 Å². The van der Waals surface area contributed by atoms with Crippen LogP contribution >= 0.6 is 12.4 Å². The molecule has 1 aromatic carbocycles. The molecule has 1 rings (SSSR count). The van der Waals surface area contributed by atoms with Crippen LogP contribution in [0, 0.1) is 5.92 Å². The molecule has 2 N–H and O–H groups in total. The van der Waals surface area contributed by atoms with Crippen LogP contribution in [0.5, 0.6) is 5.75 Å². The van der Waals surface area contributed by atoms with Gasteiger partial charge in [0.1, 0.15) is 5.75 Å². The molecule has 1 aromatic rings. The van der Waals surface area contributed by atoms with Crippen molar-refractivity contribution in [3.05, 3.63) is 24.3 Å². The summed E-state index contributed by atoms with van der Waals surface area (Å²) >= 11 is 0. The topological polar surface area (TPSA) is 67.4 Å². The number of rotatable bonds is 10. The Bertz CT molecular complexity index is 504. The number of ether oxygens (including phenoxy) is 1. The Kier molecular flexibility index (Phi) is 10.4. The van der Waals surface area contributed by atoms with Gasteiger partial charge in [0.25, 0.3) is 0 Å². The quantitative estimate of drug-likeness (QED) is 0.636. The van der Waals surface area contributed by atoms with Gasteiger partial charge in [-0.25, -0.2) is 13.1 Å². The van der Waals surface area contributed by atoms with Gasteiger partial charge in [0.2, 0.25) is 10.0 Å². The summed E-state index contributed by atoms with van der Waals surface area (Å²) in [5, 5.41) is 2.98. The van der Waals surface area contributed by atoms with Gasteiger partial charge in [-0.1, -0.05) is 13.8 Å². The first-order chi connectivity index (χ1) is 9.95. The van der Waals surface area contributed by atoms with Gasteiger partial charge in [-0.2, -0.15) is 0 Å². The van der Waals surface area contributed by atoms with Crippen LogP contribution in [0.1, 0.15) is 26.7 Å². The van der Waals surface area contributed by atoms with Gasteiger partial charge in [0, 0.05) is 6.54 Å². The normalized spacial score (nSPS) is 11.3. The number of hydrogen-bond acceptors (Lipinski definition) is 4. The van der Waals surface area contributed by atoms with Gasteiger partial charge in [-0.05, 0) is 56.6 Å². The summed E-state index contributed by atoms with van der Waals surface area (Å²) in [6.07, 6.45) is 1.74. The number of halogens is 1. The third kappa shape index (κ3) is 7.98. The fraction of sp³-hybridized carbons (Fsp3) is 0.600. The lowest BCUT2D eigenvalue weighted by molar-refractivity contribution is 0.289. The second-order valence-corrected chi connectivity index (χ2v) is 7.12. The third-order valence-corrected chi connectivity index (χ3v) is 4.47. The van der Waals surface area contributed by atoms with E-state index in [1.54, 1.807) is 24.3 Å². The molecule has 0 aliphatic rings. The van der Waals surface area contributed by atoms with Crippen LogP contribution in [0.2, 0.25) is 0 Å². The van der Waals surface area contributed by atoms with Crippen molar-refractivity contribution < 1.29 is 13.2 Å². The number of benzene rings is 1. The molecule has 0 aliphatic heterocycles. The highest BCUT2D eigenvalue weighted by molar-refractivity contribution is 7.89. The van der Waals surface area contributed by atoms with E-state index in [0.717, 1.165) is 19.4 Å². The highest BCUT2D eigenvalue weighted by Crippen LogP contribution is 2.16. The van der Waals surface area contributed by atoms with Crippen LogP contribution in [0.3, 0.4) is 0 Å². The highest BCUT2D eigenvalue weighted by atomic mass is 35.5. The maximum atomic E-state index is 12.0. The average molecular weight is 351 g/mol. The molecular formula is C15H27ClN2O3S. The molecule has 0 saturated heterocycles. The Labute approximate surface area is 140 Å². The lowest BCUT2D eigenvalue weighted by Gasteiger charge is -2.10. The summed E-state index contributed by atoms with van der Waals surface area (Å²) in [6, 6.07) is 6.54. The van der Waals surface area contributed by atoms with Crippen molar-refractivity contribution in [1.82, 2.24) is 10.0 Å². The molecule has 0 heterocycles. The number of hydrogen-bond donors (Lipinski definition) is 2. The molecule has 7 heteroatoms. The standard InChI is InChI=1S/C15H26N2O3S.ClH/c1-13(2)9-12-20-14-5-7-15(8-6-14)21(18,19)17-11-4-10-16-3;/h5-8,13,16-17H,4,9-12H2,1-3H3;1H. The number of nitrogens with one attached hydrogen (secondary N) is 2. The van der Waals surface area contributed by atoms with E-state index in [1.807, 2.05) is 7.05 Å². The zero-order valence-corrected chi connectivity index (χ0v) is 15.1. The SMILES string of the molecule is CNCCCNS(=O)(=O)c1ccc(OCCC(C)C)cc1.Cl. The van der Waals surface area contributed by atoms with Gasteiger partial charge < -0.3 is 10.1 Å². The Morgan fingerprint density at radius 1 is 1.14 bits per heavy atom. The van der Waals surface area contributed by atoms with Crippen molar-refractivity contribution >= 4 is 22.4 Å². The minimum atomic E-state index is -3.42. The van der Waals surface area contributed by atoms with Gasteiger partial charge in [0.15, 0.2) is 0 Å². The predicted molar refractivity (Wildman–Crippen MR) is 92.4 cm³/mol. The first-order valence-corrected chi connectivity index (χ1v) is 8.81. The fourth-order valence-corrected chi connectivity index (χ4v) is 2.76. The second-order valence-electron chi connectivity index (χ2n) is 5.36. The van der Waals surface area contributed by atoms with E-state index in [-0.39, 0.29) is 17.3 Å².